The fourth-order valence-corrected chi connectivity index (χ4v) is 4.12. The second-order valence-electron chi connectivity index (χ2n) is 7.98. The molecule has 162 valence electrons. The fraction of sp³-hybridized carbons (Fsp3) is 0.739. The van der Waals surface area contributed by atoms with Crippen LogP contribution in [-0.2, 0) is 10.1 Å². The fourth-order valence-electron chi connectivity index (χ4n) is 3.57. The van der Waals surface area contributed by atoms with E-state index in [0.29, 0.717) is 6.42 Å². The Morgan fingerprint density at radius 2 is 1.34 bits per heavy atom. The molecular weight excluding hydrogens is 393 g/mol. The Kier molecular flexibility index (Phi) is 17.6. The van der Waals surface area contributed by atoms with Crippen LogP contribution in [0.4, 0.5) is 5.69 Å². The molecule has 0 fully saturated rings. The summed E-state index contributed by atoms with van der Waals surface area (Å²) >= 11 is 0. The molecule has 4 nitrogen and oxygen atoms in total. The van der Waals surface area contributed by atoms with Crippen LogP contribution in [0.3, 0.4) is 0 Å². The molecule has 0 unspecified atom stereocenters. The number of rotatable bonds is 17. The summed E-state index contributed by atoms with van der Waals surface area (Å²) < 4.78 is 32.4. The van der Waals surface area contributed by atoms with Gasteiger partial charge in [-0.15, -0.1) is 0 Å². The molecule has 1 aromatic carbocycles. The van der Waals surface area contributed by atoms with E-state index >= 15 is 0 Å². The second kappa shape index (κ2) is 17.6. The quantitative estimate of drug-likeness (QED) is 0.215. The Bertz CT molecular complexity index is 622. The minimum absolute atomic E-state index is 0. The predicted octanol–water partition coefficient (Wildman–Crippen LogP) is 3.05. The first kappa shape index (κ1) is 28.9. The molecule has 0 atom stereocenters. The van der Waals surface area contributed by atoms with E-state index in [-0.39, 0.29) is 35.3 Å². The van der Waals surface area contributed by atoms with Gasteiger partial charge in [0.05, 0.1) is 10.1 Å². The van der Waals surface area contributed by atoms with Gasteiger partial charge in [-0.3, -0.25) is 0 Å². The van der Waals surface area contributed by atoms with E-state index in [1.807, 2.05) is 0 Å². The number of aryl methyl sites for hydroxylation is 1. The van der Waals surface area contributed by atoms with Gasteiger partial charge in [-0.2, -0.15) is 0 Å². The first-order valence-electron chi connectivity index (χ1n) is 11.2. The van der Waals surface area contributed by atoms with Crippen LogP contribution in [0.15, 0.2) is 24.3 Å². The van der Waals surface area contributed by atoms with Crippen LogP contribution < -0.4 is 34.5 Å². The van der Waals surface area contributed by atoms with Gasteiger partial charge in [-0.1, -0.05) is 76.8 Å². The third kappa shape index (κ3) is 16.3. The third-order valence-electron chi connectivity index (χ3n) is 5.22. The Hall–Kier alpha value is -0.0700. The van der Waals surface area contributed by atoms with Crippen molar-refractivity contribution in [3.63, 3.8) is 0 Å². The van der Waals surface area contributed by atoms with Crippen LogP contribution in [0.25, 0.3) is 0 Å². The molecule has 6 heteroatoms. The van der Waals surface area contributed by atoms with E-state index in [1.165, 1.54) is 69.0 Å². The molecule has 0 spiro atoms. The maximum absolute atomic E-state index is 10.8. The van der Waals surface area contributed by atoms with Gasteiger partial charge in [-0.05, 0) is 43.9 Å². The van der Waals surface area contributed by atoms with Gasteiger partial charge in [-0.25, -0.2) is 8.42 Å². The minimum atomic E-state index is -4.10. The summed E-state index contributed by atoms with van der Waals surface area (Å²) in [6.45, 7) is 6.14. The second-order valence-corrected chi connectivity index (χ2v) is 9.50. The average molecular weight is 434 g/mol. The van der Waals surface area contributed by atoms with Crippen molar-refractivity contribution in [3.05, 3.63) is 29.8 Å². The first-order chi connectivity index (χ1) is 13.4. The average Bonchev–Trinajstić information content (AvgIpc) is 2.64. The SMILES string of the molecule is CCCCCCCCCCCCN(CCCCS(=O)(=O)[O-])c1cccc(C)c1.[Na+]. The Morgan fingerprint density at radius 3 is 1.86 bits per heavy atom. The van der Waals surface area contributed by atoms with Gasteiger partial charge in [0.15, 0.2) is 0 Å². The number of unbranched alkanes of at least 4 members (excludes halogenated alkanes) is 10. The summed E-state index contributed by atoms with van der Waals surface area (Å²) in [5.74, 6) is -0.257. The summed E-state index contributed by atoms with van der Waals surface area (Å²) in [5, 5.41) is 0. The minimum Gasteiger partial charge on any atom is -0.748 e. The number of benzene rings is 1. The molecule has 0 aromatic heterocycles. The van der Waals surface area contributed by atoms with Crippen LogP contribution >= 0.6 is 0 Å². The molecule has 29 heavy (non-hydrogen) atoms. The van der Waals surface area contributed by atoms with Crippen molar-refractivity contribution < 1.29 is 42.5 Å². The van der Waals surface area contributed by atoms with Crippen LogP contribution in [0, 0.1) is 6.92 Å². The molecule has 0 aliphatic heterocycles. The van der Waals surface area contributed by atoms with E-state index in [4.69, 9.17) is 0 Å². The van der Waals surface area contributed by atoms with Crippen molar-refractivity contribution >= 4 is 15.8 Å². The van der Waals surface area contributed by atoms with Crippen molar-refractivity contribution in [2.24, 2.45) is 0 Å². The summed E-state index contributed by atoms with van der Waals surface area (Å²) in [6, 6.07) is 8.46. The monoisotopic (exact) mass is 433 g/mol. The summed E-state index contributed by atoms with van der Waals surface area (Å²) in [6.07, 6.45) is 14.4. The summed E-state index contributed by atoms with van der Waals surface area (Å²) in [5.41, 5.74) is 2.42. The van der Waals surface area contributed by atoms with Gasteiger partial charge >= 0.3 is 29.6 Å². The standard InChI is InChI=1S/C23H41NO3S.Na/c1-3-4-5-6-7-8-9-10-11-12-18-24(19-13-14-20-28(25,26)27)23-17-15-16-22(2)21-23;/h15-17,21H,3-14,18-20H2,1-2H3,(H,25,26,27);/q;+1/p-1. The normalized spacial score (nSPS) is 11.3. The van der Waals surface area contributed by atoms with E-state index in [1.54, 1.807) is 0 Å². The number of anilines is 1. The predicted molar refractivity (Wildman–Crippen MR) is 119 cm³/mol. The van der Waals surface area contributed by atoms with Crippen molar-refractivity contribution in [1.82, 2.24) is 0 Å². The Labute approximate surface area is 201 Å². The van der Waals surface area contributed by atoms with Crippen molar-refractivity contribution in [2.45, 2.75) is 90.9 Å². The van der Waals surface area contributed by atoms with Crippen LogP contribution in [0.5, 0.6) is 0 Å². The van der Waals surface area contributed by atoms with Gasteiger partial charge < -0.3 is 9.45 Å². The largest absolute Gasteiger partial charge is 1.00 e. The van der Waals surface area contributed by atoms with Gasteiger partial charge in [0.1, 0.15) is 0 Å². The first-order valence-corrected chi connectivity index (χ1v) is 12.8. The molecule has 0 heterocycles. The van der Waals surface area contributed by atoms with Crippen molar-refractivity contribution in [1.29, 1.82) is 0 Å². The van der Waals surface area contributed by atoms with Gasteiger partial charge in [0, 0.05) is 24.5 Å². The molecule has 0 aliphatic carbocycles. The molecule has 0 radical (unpaired) electrons. The van der Waals surface area contributed by atoms with Crippen molar-refractivity contribution in [2.75, 3.05) is 23.7 Å². The van der Waals surface area contributed by atoms with E-state index in [2.05, 4.69) is 43.0 Å². The van der Waals surface area contributed by atoms with Crippen molar-refractivity contribution in [3.8, 4) is 0 Å². The van der Waals surface area contributed by atoms with Crippen LogP contribution in [0.2, 0.25) is 0 Å². The molecule has 0 aliphatic rings. The van der Waals surface area contributed by atoms with Crippen LogP contribution in [0.1, 0.15) is 89.5 Å². The molecule has 1 aromatic rings. The smallest absolute Gasteiger partial charge is 0.748 e. The molecule has 0 bridgehead atoms. The molecule has 0 amide bonds. The van der Waals surface area contributed by atoms with Gasteiger partial charge in [0.2, 0.25) is 0 Å². The van der Waals surface area contributed by atoms with Gasteiger partial charge in [0.25, 0.3) is 0 Å². The number of nitrogens with zero attached hydrogens (tertiary/aromatic N) is 1. The van der Waals surface area contributed by atoms with E-state index in [0.717, 1.165) is 25.9 Å². The summed E-state index contributed by atoms with van der Waals surface area (Å²) in [4.78, 5) is 2.34. The topological polar surface area (TPSA) is 60.4 Å². The molecule has 0 saturated carbocycles. The maximum atomic E-state index is 10.8. The molecule has 0 saturated heterocycles. The third-order valence-corrected chi connectivity index (χ3v) is 6.01. The zero-order valence-electron chi connectivity index (χ0n) is 19.0. The number of hydrogen-bond acceptors (Lipinski definition) is 4. The van der Waals surface area contributed by atoms with Crippen LogP contribution in [-0.4, -0.2) is 31.8 Å². The molecule has 0 N–H and O–H groups in total. The van der Waals surface area contributed by atoms with E-state index < -0.39 is 10.1 Å². The molecule has 1 rings (SSSR count). The zero-order chi connectivity index (χ0) is 20.7. The zero-order valence-corrected chi connectivity index (χ0v) is 21.8. The van der Waals surface area contributed by atoms with E-state index in [9.17, 15) is 13.0 Å². The number of hydrogen-bond donors (Lipinski definition) is 0. The maximum Gasteiger partial charge on any atom is 1.00 e. The molecular formula is C23H40NNaO3S. The Morgan fingerprint density at radius 1 is 0.828 bits per heavy atom. The summed E-state index contributed by atoms with van der Waals surface area (Å²) in [7, 11) is -4.10. The Balaban J connectivity index is 0.00000784.